The van der Waals surface area contributed by atoms with Crippen LogP contribution in [0.2, 0.25) is 0 Å². The number of piperidine rings is 1. The van der Waals surface area contributed by atoms with Crippen LogP contribution in [0.4, 0.5) is 5.82 Å². The van der Waals surface area contributed by atoms with Crippen molar-refractivity contribution in [3.63, 3.8) is 0 Å². The number of carbonyl (C=O) groups is 8. The fraction of sp³-hybridized carbons (Fsp3) is 0.500. The van der Waals surface area contributed by atoms with Crippen LogP contribution in [-0.2, 0) is 42.9 Å². The Labute approximate surface area is 509 Å². The van der Waals surface area contributed by atoms with E-state index in [-0.39, 0.29) is 23.5 Å². The first-order valence-electron chi connectivity index (χ1n) is 27.9. The molecule has 13 unspecified atom stereocenters. The van der Waals surface area contributed by atoms with Gasteiger partial charge in [-0.3, -0.25) is 38.4 Å². The topological polar surface area (TPSA) is 481 Å². The zero-order valence-electron chi connectivity index (χ0n) is 47.2. The fourth-order valence-corrected chi connectivity index (χ4v) is 11.8. The first-order valence-corrected chi connectivity index (χ1v) is 29.4. The van der Waals surface area contributed by atoms with Gasteiger partial charge < -0.3 is 92.1 Å². The lowest BCUT2D eigenvalue weighted by Crippen LogP contribution is -2.64. The molecule has 6 heterocycles. The van der Waals surface area contributed by atoms with Crippen LogP contribution in [0.15, 0.2) is 60.8 Å². The molecule has 16 N–H and O–H groups in total. The van der Waals surface area contributed by atoms with E-state index in [2.05, 4.69) is 56.0 Å². The van der Waals surface area contributed by atoms with Crippen LogP contribution in [0.25, 0.3) is 21.1 Å². The minimum absolute atomic E-state index is 0.00918. The number of hydrogen-bond donors (Lipinski definition) is 15. The Bertz CT molecular complexity index is 3160. The summed E-state index contributed by atoms with van der Waals surface area (Å²) in [7, 11) is 0. The molecule has 476 valence electrons. The highest BCUT2D eigenvalue weighted by Gasteiger charge is 2.50. The molecule has 4 aliphatic rings. The summed E-state index contributed by atoms with van der Waals surface area (Å²) in [5.74, 6) is -11.0. The molecule has 0 saturated carbocycles. The van der Waals surface area contributed by atoms with Crippen molar-refractivity contribution in [3.8, 4) is 32.6 Å². The van der Waals surface area contributed by atoms with Crippen LogP contribution in [-0.4, -0.2) is 224 Å². The summed E-state index contributed by atoms with van der Waals surface area (Å²) in [4.78, 5) is 122. The van der Waals surface area contributed by atoms with Gasteiger partial charge in [0.15, 0.2) is 11.5 Å². The number of rotatable bonds is 16. The molecule has 0 radical (unpaired) electrons. The molecule has 8 rings (SSSR count). The number of nitrogens with two attached hydrogens (primary N) is 1. The van der Waals surface area contributed by atoms with Gasteiger partial charge in [0.2, 0.25) is 41.4 Å². The van der Waals surface area contributed by atoms with E-state index in [0.717, 1.165) is 72.2 Å². The monoisotopic (exact) mass is 1270 g/mol. The van der Waals surface area contributed by atoms with Gasteiger partial charge in [-0.2, -0.15) is 0 Å². The molecule has 0 bridgehead atoms. The van der Waals surface area contributed by atoms with Gasteiger partial charge in [0.05, 0.1) is 36.9 Å². The zero-order valence-corrected chi connectivity index (χ0v) is 48.9. The van der Waals surface area contributed by atoms with E-state index in [1.54, 1.807) is 18.3 Å². The van der Waals surface area contributed by atoms with Gasteiger partial charge >= 0.3 is 0 Å². The molecule has 34 heteroatoms. The maximum absolute atomic E-state index is 14.7. The maximum Gasteiger partial charge on any atom is 0.261 e. The van der Waals surface area contributed by atoms with Crippen molar-refractivity contribution in [1.82, 2.24) is 51.6 Å². The largest absolute Gasteiger partial charge is 0.504 e. The van der Waals surface area contributed by atoms with Crippen molar-refractivity contribution in [2.75, 3.05) is 37.6 Å². The van der Waals surface area contributed by atoms with Gasteiger partial charge in [0.1, 0.15) is 64.3 Å². The third-order valence-corrected chi connectivity index (χ3v) is 16.8. The lowest BCUT2D eigenvalue weighted by molar-refractivity contribution is -0.433. The molecule has 88 heavy (non-hydrogen) atoms. The van der Waals surface area contributed by atoms with E-state index in [1.165, 1.54) is 36.8 Å². The molecule has 32 nitrogen and oxygen atoms in total. The van der Waals surface area contributed by atoms with E-state index in [0.29, 0.717) is 15.6 Å². The third kappa shape index (κ3) is 15.7. The van der Waals surface area contributed by atoms with Crippen LogP contribution >= 0.6 is 23.7 Å². The number of aromatic nitrogens is 3. The number of benzene rings is 2. The van der Waals surface area contributed by atoms with Crippen LogP contribution in [0.5, 0.6) is 11.5 Å². The van der Waals surface area contributed by atoms with Crippen LogP contribution in [0, 0.1) is 5.92 Å². The van der Waals surface area contributed by atoms with Crippen molar-refractivity contribution < 1.29 is 98.0 Å². The van der Waals surface area contributed by atoms with Gasteiger partial charge in [0.25, 0.3) is 18.2 Å². The second-order valence-corrected chi connectivity index (χ2v) is 23.2. The number of amides is 8. The third-order valence-electron chi connectivity index (χ3n) is 15.4. The normalized spacial score (nSPS) is 26.7. The second-order valence-electron chi connectivity index (χ2n) is 21.8. The summed E-state index contributed by atoms with van der Waals surface area (Å²) < 4.78 is 9.20. The summed E-state index contributed by atoms with van der Waals surface area (Å²) in [5, 5.41) is 124. The number of phenolic OH excluding ortho intramolecular Hbond substituents is 1. The number of pyridine rings is 1. The minimum Gasteiger partial charge on any atom is -0.504 e. The average molecular weight is 1270 g/mol. The Hall–Kier alpha value is -7.74. The molecule has 2 aromatic carbocycles. The van der Waals surface area contributed by atoms with Crippen LogP contribution < -0.4 is 41.4 Å². The molecule has 4 aliphatic heterocycles. The standard InChI is InChI=1S/C54H68N12O20S2/c1-24-22-66-42(43(24)73)50(80)57-21-30(68)17-32(58-46(76)26-6-8-27(9-7-26)51-62-63-52(87-51)29-11-13-38(56-20-29)64-14-4-3-5-15-64)47(77)59-39(25(2)67)53(81)65-23-31(69)18-33(65)48(78)61-41(49(79)60-40(54(66)82)35(71)19-37(55)72)45(75)44(74)28-10-12-34(70)36(16-28)84-88-86-85-83/h6-13,16,20,24-25,30-33,35,39-45,67-71,73-75,83H,3-5,14-15,17-19,21-23H2,1-2H3,(H2,55,72)(H,57,80)(H,58,76)(H,59,77)(H,60,79)(H,61,78)/t24?,25?,30?,31?,32-,33?,35?,39?,40?,41?,42?,43?,44?,45?/m0/s1. The molecular weight excluding hydrogens is 1200 g/mol. The van der Waals surface area contributed by atoms with Crippen LogP contribution in [0.3, 0.4) is 0 Å². The molecule has 4 aromatic rings. The van der Waals surface area contributed by atoms with Gasteiger partial charge in [-0.1, -0.05) is 45.8 Å². The number of aromatic hydroxyl groups is 1. The SMILES string of the molecule is CC(O)C1NC(=O)[C@@H](NC(=O)c2ccc(-c3nnc(-c4ccc(N5CCCCC5)nc4)s3)cc2)CC(O)CNC(=O)C2C(O)C(C)CN2C(=O)C(C(O)CC(N)=O)NC(=O)C(C(O)C(O)c2ccc(O)c(OSOOO)c2)NC(=O)C2CC(O)CN2C1=O. The number of carbonyl (C=O) groups excluding carboxylic acids is 8. The molecule has 14 atom stereocenters. The number of nitrogens with one attached hydrogen (secondary N) is 5. The maximum atomic E-state index is 14.7. The summed E-state index contributed by atoms with van der Waals surface area (Å²) in [5.41, 5.74) is 6.35. The van der Waals surface area contributed by atoms with Gasteiger partial charge in [-0.25, -0.2) is 10.2 Å². The number of fused-ring (bicyclic) bond motifs is 2. The summed E-state index contributed by atoms with van der Waals surface area (Å²) >= 11 is 1.25. The van der Waals surface area contributed by atoms with Crippen molar-refractivity contribution >= 4 is 76.7 Å². The van der Waals surface area contributed by atoms with Gasteiger partial charge in [0, 0.05) is 74.4 Å². The Balaban J connectivity index is 1.10. The van der Waals surface area contributed by atoms with Crippen molar-refractivity contribution in [3.05, 3.63) is 71.9 Å². The molecule has 4 saturated heterocycles. The quantitative estimate of drug-likeness (QED) is 0.0225. The highest BCUT2D eigenvalue weighted by Crippen LogP contribution is 2.35. The van der Waals surface area contributed by atoms with E-state index in [4.69, 9.17) is 15.2 Å². The van der Waals surface area contributed by atoms with Crippen LogP contribution in [0.1, 0.15) is 74.4 Å². The Morgan fingerprint density at radius 3 is 2.11 bits per heavy atom. The number of nitrogens with zero attached hydrogens (tertiary/aromatic N) is 6. The van der Waals surface area contributed by atoms with Crippen molar-refractivity contribution in [2.24, 2.45) is 11.7 Å². The number of aliphatic hydroxyl groups is 7. The van der Waals surface area contributed by atoms with E-state index < -0.39 is 183 Å². The number of aliphatic hydroxyl groups excluding tert-OH is 7. The van der Waals surface area contributed by atoms with E-state index in [9.17, 15) is 79.2 Å². The van der Waals surface area contributed by atoms with E-state index in [1.807, 2.05) is 12.1 Å². The molecule has 0 spiro atoms. The predicted octanol–water partition coefficient (Wildman–Crippen LogP) is -3.36. The zero-order chi connectivity index (χ0) is 63.7. The number of phenols is 1. The minimum atomic E-state index is -2.53. The molecule has 0 aliphatic carbocycles. The first kappa shape index (κ1) is 66.2. The molecule has 2 aromatic heterocycles. The van der Waals surface area contributed by atoms with E-state index >= 15 is 0 Å². The lowest BCUT2D eigenvalue weighted by Gasteiger charge is -2.34. The fourth-order valence-electron chi connectivity index (χ4n) is 10.7. The number of hydrogen-bond acceptors (Lipinski definition) is 26. The highest BCUT2D eigenvalue weighted by molar-refractivity contribution is 7.90. The summed E-state index contributed by atoms with van der Waals surface area (Å²) in [6.45, 7) is 2.55. The summed E-state index contributed by atoms with van der Waals surface area (Å²) in [6.07, 6.45) is -11.0. The molecule has 4 fully saturated rings. The van der Waals surface area contributed by atoms with Crippen molar-refractivity contribution in [2.45, 2.75) is 131 Å². The number of anilines is 1. The van der Waals surface area contributed by atoms with Crippen molar-refractivity contribution in [1.29, 1.82) is 0 Å². The Morgan fingerprint density at radius 1 is 0.795 bits per heavy atom. The summed E-state index contributed by atoms with van der Waals surface area (Å²) in [6, 6.07) is 0.513. The highest BCUT2D eigenvalue weighted by atomic mass is 32.2. The molecule has 8 amide bonds. The predicted molar refractivity (Wildman–Crippen MR) is 306 cm³/mol. The average Bonchev–Trinajstić information content (AvgIpc) is 2.33. The number of primary amides is 1. The first-order chi connectivity index (χ1) is 41.9. The van der Waals surface area contributed by atoms with Gasteiger partial charge in [-0.15, -0.1) is 10.2 Å². The smallest absolute Gasteiger partial charge is 0.261 e. The Kier molecular flexibility index (Phi) is 22.2. The second kappa shape index (κ2) is 29.5. The number of β-amino-alcohol motifs (C(OH)–C–C–N with tert-alkyl or cyclic N) is 1. The molecular formula is C54H68N12O20S2. The Morgan fingerprint density at radius 2 is 1.45 bits per heavy atom. The van der Waals surface area contributed by atoms with Gasteiger partial charge in [-0.05, 0) is 68.1 Å². The lowest BCUT2D eigenvalue weighted by atomic mass is 9.96.